The summed E-state index contributed by atoms with van der Waals surface area (Å²) in [5.74, 6) is -2.19. The fourth-order valence-corrected chi connectivity index (χ4v) is 1.41. The Hall–Kier alpha value is -2.03. The van der Waals surface area contributed by atoms with Crippen molar-refractivity contribution in [2.45, 2.75) is 12.5 Å². The van der Waals surface area contributed by atoms with E-state index in [4.69, 9.17) is 5.11 Å². The number of hydrogen-bond acceptors (Lipinski definition) is 5. The van der Waals surface area contributed by atoms with Gasteiger partial charge in [0.05, 0.1) is 18.6 Å². The van der Waals surface area contributed by atoms with Crippen molar-refractivity contribution in [3.63, 3.8) is 0 Å². The van der Waals surface area contributed by atoms with E-state index >= 15 is 0 Å². The van der Waals surface area contributed by atoms with E-state index in [1.807, 2.05) is 0 Å². The summed E-state index contributed by atoms with van der Waals surface area (Å²) in [6.07, 6.45) is 2.98. The molecule has 1 rings (SSSR count). The quantitative estimate of drug-likeness (QED) is 0.393. The molecule has 104 valence electrons. The van der Waals surface area contributed by atoms with E-state index in [0.29, 0.717) is 5.69 Å². The Bertz CT molecular complexity index is 448. The van der Waals surface area contributed by atoms with Crippen LogP contribution in [0.4, 0.5) is 0 Å². The number of nitrogens with one attached hydrogen (secondary N) is 3. The van der Waals surface area contributed by atoms with Crippen LogP contribution >= 0.6 is 12.6 Å². The van der Waals surface area contributed by atoms with Crippen LogP contribution in [0.25, 0.3) is 0 Å². The van der Waals surface area contributed by atoms with Crippen molar-refractivity contribution < 1.29 is 19.5 Å². The van der Waals surface area contributed by atoms with Gasteiger partial charge in [0.15, 0.2) is 0 Å². The summed E-state index contributed by atoms with van der Waals surface area (Å²) in [5, 5.41) is 13.6. The van der Waals surface area contributed by atoms with Crippen LogP contribution in [-0.4, -0.2) is 51.2 Å². The molecule has 4 N–H and O–H groups in total. The summed E-state index contributed by atoms with van der Waals surface area (Å²) in [4.78, 5) is 39.9. The molecule has 0 saturated heterocycles. The lowest BCUT2D eigenvalue weighted by Crippen LogP contribution is -2.46. The van der Waals surface area contributed by atoms with Crippen molar-refractivity contribution in [2.24, 2.45) is 0 Å². The molecule has 0 aliphatic heterocycles. The molecule has 0 spiro atoms. The van der Waals surface area contributed by atoms with Crippen LogP contribution in [0.15, 0.2) is 12.5 Å². The third-order valence-corrected chi connectivity index (χ3v) is 2.49. The van der Waals surface area contributed by atoms with Crippen LogP contribution < -0.4 is 10.6 Å². The van der Waals surface area contributed by atoms with Gasteiger partial charge in [0.2, 0.25) is 11.8 Å². The fraction of sp³-hybridized carbons (Fsp3) is 0.400. The van der Waals surface area contributed by atoms with E-state index in [1.54, 1.807) is 0 Å². The van der Waals surface area contributed by atoms with E-state index < -0.39 is 23.8 Å². The summed E-state index contributed by atoms with van der Waals surface area (Å²) >= 11 is 3.73. The molecule has 0 unspecified atom stereocenters. The number of carbonyl (C=O) groups is 3. The molecule has 0 aromatic carbocycles. The minimum Gasteiger partial charge on any atom is -0.480 e. The van der Waals surface area contributed by atoms with Gasteiger partial charge in [0.25, 0.3) is 0 Å². The topological polar surface area (TPSA) is 124 Å². The van der Waals surface area contributed by atoms with Crippen molar-refractivity contribution in [3.8, 4) is 0 Å². The van der Waals surface area contributed by atoms with Crippen molar-refractivity contribution in [1.29, 1.82) is 0 Å². The van der Waals surface area contributed by atoms with Crippen molar-refractivity contribution in [1.82, 2.24) is 20.6 Å². The van der Waals surface area contributed by atoms with Gasteiger partial charge in [-0.2, -0.15) is 12.6 Å². The Morgan fingerprint density at radius 1 is 1.42 bits per heavy atom. The Kier molecular flexibility index (Phi) is 5.86. The smallest absolute Gasteiger partial charge is 0.326 e. The third kappa shape index (κ3) is 5.42. The summed E-state index contributed by atoms with van der Waals surface area (Å²) < 4.78 is 0. The van der Waals surface area contributed by atoms with Crippen LogP contribution in [0, 0.1) is 0 Å². The number of carboxylic acid groups (broad SMARTS) is 1. The highest BCUT2D eigenvalue weighted by Gasteiger charge is 2.21. The molecule has 0 radical (unpaired) electrons. The Labute approximate surface area is 114 Å². The van der Waals surface area contributed by atoms with Gasteiger partial charge < -0.3 is 20.7 Å². The first-order valence-electron chi connectivity index (χ1n) is 5.40. The molecule has 19 heavy (non-hydrogen) atoms. The zero-order chi connectivity index (χ0) is 14.3. The molecule has 0 aliphatic carbocycles. The maximum absolute atomic E-state index is 11.5. The minimum absolute atomic E-state index is 0.0379. The first kappa shape index (κ1) is 15.0. The molecule has 2 amide bonds. The molecule has 9 heteroatoms. The standard InChI is InChI=1S/C10H14N4O4S/c15-8(3-12-9(16)4-19)14-7(10(17)18)1-6-2-11-5-13-6/h2,5,7,19H,1,3-4H2,(H,11,13)(H,12,16)(H,14,15)(H,17,18)/t7-/m0/s1. The van der Waals surface area contributed by atoms with Crippen molar-refractivity contribution in [2.75, 3.05) is 12.3 Å². The lowest BCUT2D eigenvalue weighted by atomic mass is 10.1. The fourth-order valence-electron chi connectivity index (χ4n) is 1.30. The van der Waals surface area contributed by atoms with E-state index in [9.17, 15) is 14.4 Å². The molecule has 0 fully saturated rings. The second-order valence-corrected chi connectivity index (χ2v) is 3.99. The minimum atomic E-state index is -1.16. The summed E-state index contributed by atoms with van der Waals surface area (Å²) in [6, 6.07) is -1.08. The lowest BCUT2D eigenvalue weighted by Gasteiger charge is -2.13. The number of carboxylic acids is 1. The molecule has 8 nitrogen and oxygen atoms in total. The number of aromatic nitrogens is 2. The van der Waals surface area contributed by atoms with E-state index in [0.717, 1.165) is 0 Å². The summed E-state index contributed by atoms with van der Waals surface area (Å²) in [7, 11) is 0. The molecule has 1 atom stereocenters. The molecular weight excluding hydrogens is 272 g/mol. The number of hydrogen-bond donors (Lipinski definition) is 5. The third-order valence-electron chi connectivity index (χ3n) is 2.20. The number of amides is 2. The van der Waals surface area contributed by atoms with Crippen LogP contribution in [0.1, 0.15) is 5.69 Å². The van der Waals surface area contributed by atoms with E-state index in [2.05, 4.69) is 33.2 Å². The predicted octanol–water partition coefficient (Wildman–Crippen LogP) is -1.43. The normalized spacial score (nSPS) is 11.6. The maximum atomic E-state index is 11.5. The monoisotopic (exact) mass is 286 g/mol. The van der Waals surface area contributed by atoms with Gasteiger partial charge in [-0.25, -0.2) is 9.78 Å². The van der Waals surface area contributed by atoms with Crippen molar-refractivity contribution in [3.05, 3.63) is 18.2 Å². The number of aromatic amines is 1. The molecule has 0 saturated carbocycles. The van der Waals surface area contributed by atoms with E-state index in [-0.39, 0.29) is 18.7 Å². The van der Waals surface area contributed by atoms with Gasteiger partial charge in [-0.3, -0.25) is 9.59 Å². The largest absolute Gasteiger partial charge is 0.480 e. The van der Waals surface area contributed by atoms with Gasteiger partial charge >= 0.3 is 5.97 Å². The summed E-state index contributed by atoms with van der Waals surface area (Å²) in [6.45, 7) is -0.286. The highest BCUT2D eigenvalue weighted by atomic mass is 32.1. The van der Waals surface area contributed by atoms with Crippen LogP contribution in [0.5, 0.6) is 0 Å². The molecule has 1 aromatic rings. The second kappa shape index (κ2) is 7.41. The Morgan fingerprint density at radius 2 is 2.16 bits per heavy atom. The zero-order valence-electron chi connectivity index (χ0n) is 9.92. The zero-order valence-corrected chi connectivity index (χ0v) is 10.8. The highest BCUT2D eigenvalue weighted by Crippen LogP contribution is 1.98. The molecular formula is C10H14N4O4S. The number of rotatable bonds is 7. The molecule has 0 aliphatic rings. The first-order valence-corrected chi connectivity index (χ1v) is 6.03. The average Bonchev–Trinajstić information content (AvgIpc) is 2.87. The predicted molar refractivity (Wildman–Crippen MR) is 68.7 cm³/mol. The number of imidazole rings is 1. The number of aliphatic carboxylic acids is 1. The van der Waals surface area contributed by atoms with Crippen LogP contribution in [0.3, 0.4) is 0 Å². The van der Waals surface area contributed by atoms with Gasteiger partial charge in [-0.15, -0.1) is 0 Å². The second-order valence-electron chi connectivity index (χ2n) is 3.67. The van der Waals surface area contributed by atoms with Crippen LogP contribution in [0.2, 0.25) is 0 Å². The number of carbonyl (C=O) groups excluding carboxylic acids is 2. The Balaban J connectivity index is 2.47. The lowest BCUT2D eigenvalue weighted by molar-refractivity contribution is -0.141. The van der Waals surface area contributed by atoms with Gasteiger partial charge in [-0.05, 0) is 0 Å². The molecule has 1 aromatic heterocycles. The Morgan fingerprint density at radius 3 is 2.68 bits per heavy atom. The number of H-pyrrole nitrogens is 1. The highest BCUT2D eigenvalue weighted by molar-refractivity contribution is 7.81. The van der Waals surface area contributed by atoms with E-state index in [1.165, 1.54) is 12.5 Å². The number of thiol groups is 1. The SMILES string of the molecule is O=C(CS)NCC(=O)N[C@@H](Cc1cnc[nH]1)C(=O)O. The molecule has 0 bridgehead atoms. The van der Waals surface area contributed by atoms with Gasteiger partial charge in [0, 0.05) is 18.3 Å². The average molecular weight is 286 g/mol. The van der Waals surface area contributed by atoms with Crippen LogP contribution in [-0.2, 0) is 20.8 Å². The van der Waals surface area contributed by atoms with Gasteiger partial charge in [0.1, 0.15) is 6.04 Å². The molecule has 1 heterocycles. The van der Waals surface area contributed by atoms with Gasteiger partial charge in [-0.1, -0.05) is 0 Å². The van der Waals surface area contributed by atoms with Crippen molar-refractivity contribution >= 4 is 30.4 Å². The summed E-state index contributed by atoms with van der Waals surface area (Å²) in [5.41, 5.74) is 0.590. The number of nitrogens with zero attached hydrogens (tertiary/aromatic N) is 1. The maximum Gasteiger partial charge on any atom is 0.326 e. The first-order chi connectivity index (χ1) is 9.02.